The number of nitrogens with one attached hydrogen (secondary N) is 1. The topological polar surface area (TPSA) is 78.7 Å². The van der Waals surface area contributed by atoms with Gasteiger partial charge in [0.05, 0.1) is 4.92 Å². The van der Waals surface area contributed by atoms with Gasteiger partial charge >= 0.3 is 0 Å². The summed E-state index contributed by atoms with van der Waals surface area (Å²) < 4.78 is 0. The largest absolute Gasteiger partial charge is 0.375 e. The lowest BCUT2D eigenvalue weighted by atomic mass is 10.0. The highest BCUT2D eigenvalue weighted by Crippen LogP contribution is 2.28. The summed E-state index contributed by atoms with van der Waals surface area (Å²) in [5.41, 5.74) is 1.41. The molecule has 0 saturated carbocycles. The van der Waals surface area contributed by atoms with E-state index in [1.807, 2.05) is 32.3 Å². The summed E-state index contributed by atoms with van der Waals surface area (Å²) in [5.74, 6) is -0.169. The van der Waals surface area contributed by atoms with E-state index in [1.165, 1.54) is 6.07 Å². The highest BCUT2D eigenvalue weighted by atomic mass is 35.5. The van der Waals surface area contributed by atoms with E-state index in [0.29, 0.717) is 41.9 Å². The molecule has 1 aliphatic rings. The number of carbonyl (C=O) groups excluding carboxylic acids is 1. The number of hydrogen-bond acceptors (Lipinski definition) is 5. The molecular weight excluding hydrogens is 392 g/mol. The molecule has 29 heavy (non-hydrogen) atoms. The number of nitrogens with zero attached hydrogens (tertiary/aromatic N) is 3. The van der Waals surface area contributed by atoms with Crippen molar-refractivity contribution >= 4 is 28.9 Å². The first-order valence-electron chi connectivity index (χ1n) is 9.58. The van der Waals surface area contributed by atoms with Crippen LogP contribution in [0.4, 0.5) is 11.4 Å². The number of rotatable bonds is 6. The van der Waals surface area contributed by atoms with Crippen molar-refractivity contribution < 1.29 is 9.72 Å². The van der Waals surface area contributed by atoms with Crippen LogP contribution < -0.4 is 5.32 Å². The summed E-state index contributed by atoms with van der Waals surface area (Å²) >= 11 is 6.15. The van der Waals surface area contributed by atoms with E-state index < -0.39 is 4.92 Å². The minimum Gasteiger partial charge on any atom is -0.375 e. The zero-order valence-corrected chi connectivity index (χ0v) is 17.4. The number of amides is 1. The van der Waals surface area contributed by atoms with Gasteiger partial charge in [-0.1, -0.05) is 29.8 Å². The Labute approximate surface area is 175 Å². The summed E-state index contributed by atoms with van der Waals surface area (Å²) in [4.78, 5) is 28.0. The molecule has 1 aliphatic heterocycles. The van der Waals surface area contributed by atoms with Gasteiger partial charge < -0.3 is 15.1 Å². The first-order chi connectivity index (χ1) is 13.9. The van der Waals surface area contributed by atoms with Gasteiger partial charge in [0, 0.05) is 42.3 Å². The molecule has 0 spiro atoms. The fourth-order valence-electron chi connectivity index (χ4n) is 3.54. The molecule has 3 rings (SSSR count). The molecular formula is C21H25ClN4O3. The van der Waals surface area contributed by atoms with Crippen LogP contribution in [0, 0.1) is 10.1 Å². The number of anilines is 1. The maximum absolute atomic E-state index is 12.9. The van der Waals surface area contributed by atoms with Gasteiger partial charge in [-0.15, -0.1) is 0 Å². The van der Waals surface area contributed by atoms with Crippen molar-refractivity contribution in [1.29, 1.82) is 0 Å². The molecule has 1 N–H and O–H groups in total. The number of nitro benzene ring substituents is 1. The Bertz CT molecular complexity index is 903. The fraction of sp³-hybridized carbons (Fsp3) is 0.381. The molecule has 154 valence electrons. The Morgan fingerprint density at radius 3 is 2.76 bits per heavy atom. The van der Waals surface area contributed by atoms with Gasteiger partial charge in [0.2, 0.25) is 0 Å². The highest BCUT2D eigenvalue weighted by molar-refractivity contribution is 6.31. The SMILES string of the molecule is CN(C)C1CCCN(C(=O)c2ccc(NCc3ccccc3Cl)c([N+](=O)[O-])c2)C1. The second kappa shape index (κ2) is 9.24. The zero-order chi connectivity index (χ0) is 21.0. The Morgan fingerprint density at radius 1 is 1.31 bits per heavy atom. The first-order valence-corrected chi connectivity index (χ1v) is 9.96. The van der Waals surface area contributed by atoms with Crippen LogP contribution >= 0.6 is 11.6 Å². The van der Waals surface area contributed by atoms with Crippen LogP contribution in [-0.2, 0) is 6.54 Å². The van der Waals surface area contributed by atoms with Crippen LogP contribution in [0.5, 0.6) is 0 Å². The maximum Gasteiger partial charge on any atom is 0.293 e. The Balaban J connectivity index is 1.77. The van der Waals surface area contributed by atoms with Gasteiger partial charge in [-0.25, -0.2) is 0 Å². The number of piperidine rings is 1. The summed E-state index contributed by atoms with van der Waals surface area (Å²) in [6.45, 7) is 1.65. The number of likely N-dealkylation sites (tertiary alicyclic amines) is 1. The first kappa shape index (κ1) is 21.1. The maximum atomic E-state index is 12.9. The number of nitro groups is 1. The lowest BCUT2D eigenvalue weighted by Crippen LogP contribution is -2.47. The summed E-state index contributed by atoms with van der Waals surface area (Å²) in [6, 6.07) is 12.2. The normalized spacial score (nSPS) is 16.7. The van der Waals surface area contributed by atoms with E-state index in [4.69, 9.17) is 11.6 Å². The molecule has 1 atom stereocenters. The molecule has 0 radical (unpaired) electrons. The summed E-state index contributed by atoms with van der Waals surface area (Å²) in [6.07, 6.45) is 1.97. The van der Waals surface area contributed by atoms with Gasteiger partial charge in [-0.3, -0.25) is 14.9 Å². The highest BCUT2D eigenvalue weighted by Gasteiger charge is 2.27. The zero-order valence-electron chi connectivity index (χ0n) is 16.6. The van der Waals surface area contributed by atoms with Crippen molar-refractivity contribution in [2.75, 3.05) is 32.5 Å². The third-order valence-electron chi connectivity index (χ3n) is 5.28. The van der Waals surface area contributed by atoms with Crippen molar-refractivity contribution in [2.45, 2.75) is 25.4 Å². The molecule has 1 unspecified atom stereocenters. The van der Waals surface area contributed by atoms with E-state index in [2.05, 4.69) is 10.2 Å². The molecule has 1 amide bonds. The molecule has 1 heterocycles. The lowest BCUT2D eigenvalue weighted by Gasteiger charge is -2.36. The molecule has 1 saturated heterocycles. The van der Waals surface area contributed by atoms with E-state index >= 15 is 0 Å². The van der Waals surface area contributed by atoms with E-state index in [0.717, 1.165) is 18.4 Å². The van der Waals surface area contributed by atoms with Gasteiger partial charge in [0.1, 0.15) is 5.69 Å². The molecule has 7 nitrogen and oxygen atoms in total. The van der Waals surface area contributed by atoms with Gasteiger partial charge in [-0.05, 0) is 50.7 Å². The van der Waals surface area contributed by atoms with Crippen molar-refractivity contribution in [1.82, 2.24) is 9.80 Å². The quantitative estimate of drug-likeness (QED) is 0.568. The minimum atomic E-state index is -0.468. The Morgan fingerprint density at radius 2 is 2.07 bits per heavy atom. The predicted octanol–water partition coefficient (Wildman–Crippen LogP) is 4.03. The van der Waals surface area contributed by atoms with Crippen LogP contribution in [0.25, 0.3) is 0 Å². The van der Waals surface area contributed by atoms with E-state index in [-0.39, 0.29) is 11.6 Å². The molecule has 2 aromatic carbocycles. The van der Waals surface area contributed by atoms with E-state index in [9.17, 15) is 14.9 Å². The summed E-state index contributed by atoms with van der Waals surface area (Å²) in [5, 5.41) is 15.3. The number of likely N-dealkylation sites (N-methyl/N-ethyl adjacent to an activating group) is 1. The number of benzene rings is 2. The Kier molecular flexibility index (Phi) is 6.71. The average molecular weight is 417 g/mol. The van der Waals surface area contributed by atoms with Crippen molar-refractivity contribution in [3.8, 4) is 0 Å². The van der Waals surface area contributed by atoms with Gasteiger partial charge in [0.25, 0.3) is 11.6 Å². The molecule has 1 fully saturated rings. The summed E-state index contributed by atoms with van der Waals surface area (Å²) in [7, 11) is 4.01. The molecule has 0 bridgehead atoms. The van der Waals surface area contributed by atoms with Gasteiger partial charge in [-0.2, -0.15) is 0 Å². The molecule has 0 aliphatic carbocycles. The smallest absolute Gasteiger partial charge is 0.293 e. The standard InChI is InChI=1S/C21H25ClN4O3/c1-24(2)17-7-5-11-25(14-17)21(27)15-9-10-19(20(12-15)26(28)29)23-13-16-6-3-4-8-18(16)22/h3-4,6,8-10,12,17,23H,5,7,11,13-14H2,1-2H3. The van der Waals surface area contributed by atoms with E-state index in [1.54, 1.807) is 23.1 Å². The fourth-order valence-corrected chi connectivity index (χ4v) is 3.74. The number of halogens is 1. The van der Waals surface area contributed by atoms with Crippen LogP contribution in [0.2, 0.25) is 5.02 Å². The van der Waals surface area contributed by atoms with Crippen LogP contribution in [-0.4, -0.2) is 53.9 Å². The van der Waals surface area contributed by atoms with Crippen LogP contribution in [0.3, 0.4) is 0 Å². The van der Waals surface area contributed by atoms with Crippen molar-refractivity contribution in [3.05, 3.63) is 68.7 Å². The molecule has 8 heteroatoms. The third-order valence-corrected chi connectivity index (χ3v) is 5.65. The minimum absolute atomic E-state index is 0.121. The molecule has 2 aromatic rings. The van der Waals surface area contributed by atoms with Gasteiger partial charge in [0.15, 0.2) is 0 Å². The third kappa shape index (κ3) is 5.05. The second-order valence-electron chi connectivity index (χ2n) is 7.44. The monoisotopic (exact) mass is 416 g/mol. The molecule has 0 aromatic heterocycles. The lowest BCUT2D eigenvalue weighted by molar-refractivity contribution is -0.384. The van der Waals surface area contributed by atoms with Crippen LogP contribution in [0.1, 0.15) is 28.8 Å². The van der Waals surface area contributed by atoms with Crippen molar-refractivity contribution in [3.63, 3.8) is 0 Å². The van der Waals surface area contributed by atoms with Crippen LogP contribution in [0.15, 0.2) is 42.5 Å². The second-order valence-corrected chi connectivity index (χ2v) is 7.85. The number of carbonyl (C=O) groups is 1. The number of hydrogen-bond donors (Lipinski definition) is 1. The Hall–Kier alpha value is -2.64. The predicted molar refractivity (Wildman–Crippen MR) is 114 cm³/mol. The average Bonchev–Trinajstić information content (AvgIpc) is 2.72. The van der Waals surface area contributed by atoms with Crippen molar-refractivity contribution in [2.24, 2.45) is 0 Å².